The molecule has 1 nitrogen and oxygen atoms in total. The summed E-state index contributed by atoms with van der Waals surface area (Å²) in [5.41, 5.74) is 4.25. The summed E-state index contributed by atoms with van der Waals surface area (Å²) in [5, 5.41) is 10.2. The van der Waals surface area contributed by atoms with Crippen LogP contribution in [0.15, 0.2) is 30.3 Å². The lowest BCUT2D eigenvalue weighted by molar-refractivity contribution is 0.182. The highest BCUT2D eigenvalue weighted by atomic mass is 32.1. The number of rotatable bonds is 3. The van der Waals surface area contributed by atoms with E-state index < -0.39 is 0 Å². The summed E-state index contributed by atoms with van der Waals surface area (Å²) in [7, 11) is 0. The Kier molecular flexibility index (Phi) is 3.23. The van der Waals surface area contributed by atoms with Crippen LogP contribution in [-0.4, -0.2) is 5.11 Å². The number of fused-ring (bicyclic) bond motifs is 1. The van der Waals surface area contributed by atoms with Crippen molar-refractivity contribution in [3.63, 3.8) is 0 Å². The molecule has 1 unspecified atom stereocenters. The van der Waals surface area contributed by atoms with E-state index in [9.17, 15) is 5.11 Å². The lowest BCUT2D eigenvalue weighted by Gasteiger charge is -2.10. The molecule has 1 heterocycles. The molecule has 18 heavy (non-hydrogen) atoms. The first kappa shape index (κ1) is 11.9. The molecule has 0 fully saturated rings. The second kappa shape index (κ2) is 4.87. The number of thiophene rings is 1. The number of aliphatic hydroxyl groups excluding tert-OH is 1. The van der Waals surface area contributed by atoms with Crippen molar-refractivity contribution >= 4 is 11.3 Å². The molecule has 2 aromatic rings. The zero-order chi connectivity index (χ0) is 12.5. The molecular formula is C16H18OS. The Morgan fingerprint density at radius 2 is 2.00 bits per heavy atom. The molecule has 1 aliphatic rings. The molecule has 3 rings (SSSR count). The Bertz CT molecular complexity index is 556. The highest BCUT2D eigenvalue weighted by Gasteiger charge is 2.14. The van der Waals surface area contributed by atoms with Crippen LogP contribution in [0.1, 0.15) is 39.0 Å². The van der Waals surface area contributed by atoms with Gasteiger partial charge in [0.05, 0.1) is 6.10 Å². The third-order valence-electron chi connectivity index (χ3n) is 3.68. The summed E-state index contributed by atoms with van der Waals surface area (Å²) >= 11 is 1.69. The molecule has 0 saturated carbocycles. The monoisotopic (exact) mass is 258 g/mol. The predicted molar refractivity (Wildman–Crippen MR) is 76.2 cm³/mol. The maximum atomic E-state index is 10.2. The minimum Gasteiger partial charge on any atom is -0.387 e. The lowest BCUT2D eigenvalue weighted by atomic mass is 10.0. The highest BCUT2D eigenvalue weighted by Crippen LogP contribution is 2.28. The molecule has 0 bridgehead atoms. The van der Waals surface area contributed by atoms with Crippen LogP contribution in [0.4, 0.5) is 0 Å². The van der Waals surface area contributed by atoms with E-state index in [0.29, 0.717) is 0 Å². The molecule has 0 amide bonds. The Balaban J connectivity index is 1.76. The van der Waals surface area contributed by atoms with Crippen LogP contribution in [0.5, 0.6) is 0 Å². The number of hydrogen-bond donors (Lipinski definition) is 1. The lowest BCUT2D eigenvalue weighted by Crippen LogP contribution is -2.00. The molecule has 1 aliphatic carbocycles. The highest BCUT2D eigenvalue weighted by molar-refractivity contribution is 7.12. The predicted octanol–water partition coefficient (Wildman–Crippen LogP) is 3.82. The zero-order valence-corrected chi connectivity index (χ0v) is 11.5. The minimum absolute atomic E-state index is 0.358. The molecule has 1 aromatic heterocycles. The molecule has 1 atom stereocenters. The van der Waals surface area contributed by atoms with Crippen LogP contribution in [0.2, 0.25) is 0 Å². The first-order valence-electron chi connectivity index (χ1n) is 6.57. The average Bonchev–Trinajstić information content (AvgIpc) is 2.96. The number of hydrogen-bond acceptors (Lipinski definition) is 2. The maximum Gasteiger partial charge on any atom is 0.0922 e. The van der Waals surface area contributed by atoms with E-state index in [1.165, 1.54) is 40.8 Å². The van der Waals surface area contributed by atoms with Crippen molar-refractivity contribution in [2.45, 2.75) is 38.7 Å². The summed E-state index contributed by atoms with van der Waals surface area (Å²) in [5.74, 6) is 0. The maximum absolute atomic E-state index is 10.2. The fraction of sp³-hybridized carbons (Fsp3) is 0.375. The van der Waals surface area contributed by atoms with Gasteiger partial charge in [-0.25, -0.2) is 0 Å². The van der Waals surface area contributed by atoms with Crippen molar-refractivity contribution in [1.82, 2.24) is 0 Å². The van der Waals surface area contributed by atoms with Crippen molar-refractivity contribution in [2.24, 2.45) is 0 Å². The summed E-state index contributed by atoms with van der Waals surface area (Å²) in [4.78, 5) is 2.34. The van der Waals surface area contributed by atoms with Crippen LogP contribution in [-0.2, 0) is 19.3 Å². The number of benzene rings is 1. The number of aryl methyl sites for hydroxylation is 3. The van der Waals surface area contributed by atoms with Crippen LogP contribution in [0.3, 0.4) is 0 Å². The van der Waals surface area contributed by atoms with Crippen LogP contribution < -0.4 is 0 Å². The molecular weight excluding hydrogens is 240 g/mol. The van der Waals surface area contributed by atoms with Gasteiger partial charge in [0.2, 0.25) is 0 Å². The van der Waals surface area contributed by atoms with E-state index in [4.69, 9.17) is 0 Å². The zero-order valence-electron chi connectivity index (χ0n) is 10.6. The van der Waals surface area contributed by atoms with E-state index in [2.05, 4.69) is 31.2 Å². The fourth-order valence-electron chi connectivity index (χ4n) is 2.71. The molecule has 2 heteroatoms. The van der Waals surface area contributed by atoms with Gasteiger partial charge in [0.25, 0.3) is 0 Å². The summed E-state index contributed by atoms with van der Waals surface area (Å²) in [6.45, 7) is 2.08. The van der Waals surface area contributed by atoms with Gasteiger partial charge in [-0.05, 0) is 55.0 Å². The van der Waals surface area contributed by atoms with Crippen molar-refractivity contribution < 1.29 is 5.11 Å². The van der Waals surface area contributed by atoms with Crippen molar-refractivity contribution in [1.29, 1.82) is 0 Å². The Morgan fingerprint density at radius 1 is 1.17 bits per heavy atom. The summed E-state index contributed by atoms with van der Waals surface area (Å²) in [6, 6.07) is 10.8. The molecule has 1 N–H and O–H groups in total. The van der Waals surface area contributed by atoms with Gasteiger partial charge in [-0.15, -0.1) is 11.3 Å². The third kappa shape index (κ3) is 2.36. The summed E-state index contributed by atoms with van der Waals surface area (Å²) in [6.07, 6.45) is 4.08. The van der Waals surface area contributed by atoms with Gasteiger partial charge in [0.1, 0.15) is 0 Å². The van der Waals surface area contributed by atoms with E-state index >= 15 is 0 Å². The molecule has 1 aromatic carbocycles. The van der Waals surface area contributed by atoms with Gasteiger partial charge in [-0.2, -0.15) is 0 Å². The Hall–Kier alpha value is -1.12. The molecule has 0 radical (unpaired) electrons. The topological polar surface area (TPSA) is 20.2 Å². The van der Waals surface area contributed by atoms with Gasteiger partial charge in [-0.1, -0.05) is 18.2 Å². The molecule has 94 valence electrons. The second-order valence-corrected chi connectivity index (χ2v) is 6.44. The second-order valence-electron chi connectivity index (χ2n) is 5.12. The van der Waals surface area contributed by atoms with Crippen molar-refractivity contribution in [2.75, 3.05) is 0 Å². The fourth-order valence-corrected chi connectivity index (χ4v) is 3.57. The quantitative estimate of drug-likeness (QED) is 0.887. The SMILES string of the molecule is Cc1ccc(C(O)Cc2ccc3c(c2)CCC3)s1. The van der Waals surface area contributed by atoms with Crippen molar-refractivity contribution in [3.8, 4) is 0 Å². The van der Waals surface area contributed by atoms with Crippen LogP contribution in [0.25, 0.3) is 0 Å². The van der Waals surface area contributed by atoms with Crippen molar-refractivity contribution in [3.05, 3.63) is 56.8 Å². The Morgan fingerprint density at radius 3 is 2.78 bits per heavy atom. The summed E-state index contributed by atoms with van der Waals surface area (Å²) < 4.78 is 0. The van der Waals surface area contributed by atoms with Gasteiger partial charge in [-0.3, -0.25) is 0 Å². The van der Waals surface area contributed by atoms with Crippen LogP contribution >= 0.6 is 11.3 Å². The van der Waals surface area contributed by atoms with Gasteiger partial charge < -0.3 is 5.11 Å². The van der Waals surface area contributed by atoms with E-state index in [1.54, 1.807) is 11.3 Å². The van der Waals surface area contributed by atoms with E-state index in [1.807, 2.05) is 6.07 Å². The third-order valence-corrected chi connectivity index (χ3v) is 4.78. The van der Waals surface area contributed by atoms with Crippen LogP contribution in [0, 0.1) is 6.92 Å². The van der Waals surface area contributed by atoms with Gasteiger partial charge in [0, 0.05) is 16.2 Å². The first-order chi connectivity index (χ1) is 8.72. The molecule has 0 aliphatic heterocycles. The first-order valence-corrected chi connectivity index (χ1v) is 7.39. The Labute approximate surface area is 112 Å². The molecule has 0 spiro atoms. The van der Waals surface area contributed by atoms with Gasteiger partial charge >= 0.3 is 0 Å². The standard InChI is InChI=1S/C16H18OS/c1-11-5-8-16(18-11)15(17)10-12-6-7-13-3-2-4-14(13)9-12/h5-9,15,17H,2-4,10H2,1H3. The average molecular weight is 258 g/mol. The minimum atomic E-state index is -0.358. The normalized spacial score (nSPS) is 15.7. The molecule has 0 saturated heterocycles. The van der Waals surface area contributed by atoms with E-state index in [0.717, 1.165) is 11.3 Å². The van der Waals surface area contributed by atoms with Gasteiger partial charge in [0.15, 0.2) is 0 Å². The smallest absolute Gasteiger partial charge is 0.0922 e. The van der Waals surface area contributed by atoms with E-state index in [-0.39, 0.29) is 6.10 Å². The largest absolute Gasteiger partial charge is 0.387 e. The number of aliphatic hydroxyl groups is 1.